The summed E-state index contributed by atoms with van der Waals surface area (Å²) in [5.74, 6) is 0.737. The van der Waals surface area contributed by atoms with Crippen LogP contribution in [0.2, 0.25) is 0 Å². The van der Waals surface area contributed by atoms with Gasteiger partial charge < -0.3 is 10.1 Å². The number of methoxy groups -OCH3 is 1. The number of ether oxygens (including phenoxy) is 1. The van der Waals surface area contributed by atoms with Gasteiger partial charge in [-0.15, -0.1) is 0 Å². The fraction of sp³-hybridized carbons (Fsp3) is 0.571. The van der Waals surface area contributed by atoms with Gasteiger partial charge in [-0.3, -0.25) is 0 Å². The Kier molecular flexibility index (Phi) is 4.34. The topological polar surface area (TPSA) is 21.3 Å². The van der Waals surface area contributed by atoms with Gasteiger partial charge >= 0.3 is 6.18 Å². The van der Waals surface area contributed by atoms with Gasteiger partial charge in [0.25, 0.3) is 0 Å². The largest absolute Gasteiger partial charge is 0.497 e. The summed E-state index contributed by atoms with van der Waals surface area (Å²) in [6.45, 7) is 0. The zero-order valence-corrected chi connectivity index (χ0v) is 10.8. The second-order valence-corrected chi connectivity index (χ2v) is 4.94. The van der Waals surface area contributed by atoms with Gasteiger partial charge in [0.2, 0.25) is 0 Å². The van der Waals surface area contributed by atoms with Crippen LogP contribution < -0.4 is 10.1 Å². The van der Waals surface area contributed by atoms with E-state index < -0.39 is 12.2 Å². The van der Waals surface area contributed by atoms with Gasteiger partial charge in [0.1, 0.15) is 11.8 Å². The molecule has 2 atom stereocenters. The predicted octanol–water partition coefficient (Wildman–Crippen LogP) is 3.31. The molecule has 1 aliphatic heterocycles. The van der Waals surface area contributed by atoms with E-state index in [2.05, 4.69) is 5.32 Å². The first-order valence-corrected chi connectivity index (χ1v) is 6.45. The van der Waals surface area contributed by atoms with Crippen LogP contribution in [0, 0.1) is 0 Å². The van der Waals surface area contributed by atoms with Crippen LogP contribution in [0.25, 0.3) is 0 Å². The predicted molar refractivity (Wildman–Crippen MR) is 67.3 cm³/mol. The Morgan fingerprint density at radius 2 is 2.11 bits per heavy atom. The van der Waals surface area contributed by atoms with Crippen LogP contribution in [0.3, 0.4) is 0 Å². The SMILES string of the molecule is COc1cccc(CC2CCCC(C(F)(F)F)N2)c1. The summed E-state index contributed by atoms with van der Waals surface area (Å²) in [4.78, 5) is 0. The van der Waals surface area contributed by atoms with Crippen molar-refractivity contribution in [2.24, 2.45) is 0 Å². The number of piperidine rings is 1. The second kappa shape index (κ2) is 5.82. The molecule has 106 valence electrons. The molecule has 1 aromatic rings. The first-order chi connectivity index (χ1) is 8.99. The van der Waals surface area contributed by atoms with E-state index in [1.165, 1.54) is 0 Å². The van der Waals surface area contributed by atoms with Gasteiger partial charge in [-0.25, -0.2) is 0 Å². The lowest BCUT2D eigenvalue weighted by atomic mass is 9.93. The summed E-state index contributed by atoms with van der Waals surface area (Å²) in [6.07, 6.45) is -1.97. The highest BCUT2D eigenvalue weighted by Gasteiger charge is 2.41. The van der Waals surface area contributed by atoms with Crippen molar-refractivity contribution in [3.8, 4) is 5.75 Å². The minimum absolute atomic E-state index is 0.118. The van der Waals surface area contributed by atoms with Gasteiger partial charge in [0, 0.05) is 6.04 Å². The van der Waals surface area contributed by atoms with Crippen LogP contribution >= 0.6 is 0 Å². The number of hydrogen-bond donors (Lipinski definition) is 1. The molecule has 2 unspecified atom stereocenters. The van der Waals surface area contributed by atoms with E-state index in [0.29, 0.717) is 12.8 Å². The van der Waals surface area contributed by atoms with Crippen LogP contribution in [-0.4, -0.2) is 25.4 Å². The maximum Gasteiger partial charge on any atom is 0.403 e. The third kappa shape index (κ3) is 3.86. The zero-order valence-electron chi connectivity index (χ0n) is 10.8. The molecular weight excluding hydrogens is 255 g/mol. The first-order valence-electron chi connectivity index (χ1n) is 6.45. The third-order valence-corrected chi connectivity index (χ3v) is 3.49. The van der Waals surface area contributed by atoms with Crippen molar-refractivity contribution in [1.29, 1.82) is 0 Å². The fourth-order valence-electron chi connectivity index (χ4n) is 2.52. The average Bonchev–Trinajstić information content (AvgIpc) is 2.38. The van der Waals surface area contributed by atoms with Crippen LogP contribution in [0.4, 0.5) is 13.2 Å². The Balaban J connectivity index is 1.98. The Morgan fingerprint density at radius 3 is 2.79 bits per heavy atom. The van der Waals surface area contributed by atoms with Crippen molar-refractivity contribution in [1.82, 2.24) is 5.32 Å². The molecule has 1 N–H and O–H groups in total. The van der Waals surface area contributed by atoms with E-state index in [0.717, 1.165) is 17.7 Å². The smallest absolute Gasteiger partial charge is 0.403 e. The van der Waals surface area contributed by atoms with Crippen molar-refractivity contribution in [2.75, 3.05) is 7.11 Å². The standard InChI is InChI=1S/C14H18F3NO/c1-19-12-6-2-4-10(9-12)8-11-5-3-7-13(18-11)14(15,16)17/h2,4,6,9,11,13,18H,3,5,7-8H2,1H3. The van der Waals surface area contributed by atoms with E-state index >= 15 is 0 Å². The van der Waals surface area contributed by atoms with E-state index in [1.54, 1.807) is 7.11 Å². The molecule has 1 aliphatic rings. The van der Waals surface area contributed by atoms with E-state index in [-0.39, 0.29) is 12.5 Å². The minimum atomic E-state index is -4.15. The number of benzene rings is 1. The maximum atomic E-state index is 12.7. The molecule has 0 spiro atoms. The lowest BCUT2D eigenvalue weighted by Crippen LogP contribution is -2.50. The van der Waals surface area contributed by atoms with E-state index in [4.69, 9.17) is 4.74 Å². The number of nitrogens with one attached hydrogen (secondary N) is 1. The summed E-state index contributed by atoms with van der Waals surface area (Å²) in [6, 6.07) is 6.00. The first kappa shape index (κ1) is 14.2. The highest BCUT2D eigenvalue weighted by molar-refractivity contribution is 5.29. The molecule has 0 aliphatic carbocycles. The molecule has 0 amide bonds. The van der Waals surface area contributed by atoms with Crippen LogP contribution in [0.5, 0.6) is 5.75 Å². The van der Waals surface area contributed by atoms with E-state index in [1.807, 2.05) is 24.3 Å². The van der Waals surface area contributed by atoms with Gasteiger partial charge in [0.05, 0.1) is 7.11 Å². The average molecular weight is 273 g/mol. The second-order valence-electron chi connectivity index (χ2n) is 4.94. The van der Waals surface area contributed by atoms with Gasteiger partial charge in [-0.1, -0.05) is 12.1 Å². The summed E-state index contributed by atoms with van der Waals surface area (Å²) >= 11 is 0. The van der Waals surface area contributed by atoms with Crippen LogP contribution in [-0.2, 0) is 6.42 Å². The zero-order chi connectivity index (χ0) is 13.9. The Labute approximate surface area is 111 Å². The Bertz CT molecular complexity index is 419. The van der Waals surface area contributed by atoms with Crippen LogP contribution in [0.1, 0.15) is 24.8 Å². The lowest BCUT2D eigenvalue weighted by Gasteiger charge is -2.32. The minimum Gasteiger partial charge on any atom is -0.497 e. The molecule has 0 aromatic heterocycles. The van der Waals surface area contributed by atoms with Crippen molar-refractivity contribution < 1.29 is 17.9 Å². The Hall–Kier alpha value is -1.23. The number of halogens is 3. The van der Waals surface area contributed by atoms with Gasteiger partial charge in [-0.2, -0.15) is 13.2 Å². The highest BCUT2D eigenvalue weighted by Crippen LogP contribution is 2.29. The monoisotopic (exact) mass is 273 g/mol. The highest BCUT2D eigenvalue weighted by atomic mass is 19.4. The third-order valence-electron chi connectivity index (χ3n) is 3.49. The summed E-state index contributed by atoms with van der Waals surface area (Å²) < 4.78 is 43.2. The normalized spacial score (nSPS) is 24.2. The fourth-order valence-corrected chi connectivity index (χ4v) is 2.52. The molecule has 0 radical (unpaired) electrons. The lowest BCUT2D eigenvalue weighted by molar-refractivity contribution is -0.163. The molecule has 1 aromatic carbocycles. The van der Waals surface area contributed by atoms with Crippen molar-refractivity contribution in [3.63, 3.8) is 0 Å². The molecule has 2 rings (SSSR count). The van der Waals surface area contributed by atoms with Crippen molar-refractivity contribution >= 4 is 0 Å². The number of alkyl halides is 3. The number of hydrogen-bond acceptors (Lipinski definition) is 2. The molecule has 19 heavy (non-hydrogen) atoms. The number of rotatable bonds is 3. The Morgan fingerprint density at radius 1 is 1.32 bits per heavy atom. The molecule has 5 heteroatoms. The molecule has 1 fully saturated rings. The molecule has 1 saturated heterocycles. The van der Waals surface area contributed by atoms with Gasteiger partial charge in [-0.05, 0) is 43.4 Å². The van der Waals surface area contributed by atoms with Crippen LogP contribution in [0.15, 0.2) is 24.3 Å². The van der Waals surface area contributed by atoms with E-state index in [9.17, 15) is 13.2 Å². The molecule has 2 nitrogen and oxygen atoms in total. The summed E-state index contributed by atoms with van der Waals surface area (Å²) in [5.41, 5.74) is 1.000. The summed E-state index contributed by atoms with van der Waals surface area (Å²) in [7, 11) is 1.58. The molecule has 1 heterocycles. The molecule has 0 bridgehead atoms. The molecule has 0 saturated carbocycles. The maximum absolute atomic E-state index is 12.7. The quantitative estimate of drug-likeness (QED) is 0.912. The van der Waals surface area contributed by atoms with Crippen molar-refractivity contribution in [3.05, 3.63) is 29.8 Å². The van der Waals surface area contributed by atoms with Gasteiger partial charge in [0.15, 0.2) is 0 Å². The van der Waals surface area contributed by atoms with Crippen molar-refractivity contribution in [2.45, 2.75) is 43.9 Å². The molecular formula is C14H18F3NO. The summed E-state index contributed by atoms with van der Waals surface area (Å²) in [5, 5.41) is 2.71.